The van der Waals surface area contributed by atoms with Crippen LogP contribution in [0.5, 0.6) is 5.75 Å². The zero-order valence-corrected chi connectivity index (χ0v) is 15.1. The van der Waals surface area contributed by atoms with Crippen LogP contribution in [0, 0.1) is 5.92 Å². The normalized spacial score (nSPS) is 9.30. The minimum atomic E-state index is 0.267. The predicted molar refractivity (Wildman–Crippen MR) is 102 cm³/mol. The summed E-state index contributed by atoms with van der Waals surface area (Å²) in [6, 6.07) is 14.6. The summed E-state index contributed by atoms with van der Waals surface area (Å²) in [5.41, 5.74) is 7.30. The van der Waals surface area contributed by atoms with Gasteiger partial charge in [0.25, 0.3) is 0 Å². The van der Waals surface area contributed by atoms with Gasteiger partial charge in [-0.25, -0.2) is 0 Å². The molecule has 0 heterocycles. The molecule has 0 aliphatic rings. The first kappa shape index (κ1) is 21.1. The lowest BCUT2D eigenvalue weighted by molar-refractivity contribution is 0.248. The second-order valence-electron chi connectivity index (χ2n) is 4.90. The molecule has 5 N–H and O–H groups in total. The molecule has 5 heteroatoms. The summed E-state index contributed by atoms with van der Waals surface area (Å²) in [5.74, 6) is 0.707. The summed E-state index contributed by atoms with van der Waals surface area (Å²) in [6.45, 7) is 8.25. The number of phenolic OH excluding ortho intramolecular Hbond substituents is 1. The van der Waals surface area contributed by atoms with Crippen molar-refractivity contribution in [3.8, 4) is 5.75 Å². The van der Waals surface area contributed by atoms with Crippen molar-refractivity contribution in [1.29, 1.82) is 0 Å². The number of rotatable bonds is 4. The van der Waals surface area contributed by atoms with E-state index in [0.29, 0.717) is 12.5 Å². The molecule has 0 fully saturated rings. The number of aromatic hydroxyl groups is 1. The third kappa shape index (κ3) is 10.5. The molecule has 128 valence electrons. The molecular formula is C18H28N2O2S. The fourth-order valence-electron chi connectivity index (χ4n) is 1.18. The molecule has 0 bridgehead atoms. The lowest BCUT2D eigenvalue weighted by Gasteiger charge is -2.05. The molecule has 2 aromatic rings. The molecule has 0 atom stereocenters. The van der Waals surface area contributed by atoms with Crippen LogP contribution in [0.4, 0.5) is 11.4 Å². The molecule has 2 aromatic carbocycles. The van der Waals surface area contributed by atoms with Crippen LogP contribution in [0.3, 0.4) is 0 Å². The number of phenols is 1. The predicted octanol–water partition coefficient (Wildman–Crippen LogP) is 4.75. The molecule has 0 spiro atoms. The van der Waals surface area contributed by atoms with Gasteiger partial charge in [0, 0.05) is 22.9 Å². The molecule has 4 nitrogen and oxygen atoms in total. The van der Waals surface area contributed by atoms with Gasteiger partial charge >= 0.3 is 0 Å². The molecule has 0 amide bonds. The Morgan fingerprint density at radius 3 is 1.91 bits per heavy atom. The van der Waals surface area contributed by atoms with E-state index >= 15 is 0 Å². The fraction of sp³-hybridized carbons (Fsp3) is 0.333. The zero-order valence-electron chi connectivity index (χ0n) is 14.3. The lowest BCUT2D eigenvalue weighted by atomic mass is 10.2. The first-order chi connectivity index (χ1) is 11.0. The molecule has 23 heavy (non-hydrogen) atoms. The van der Waals surface area contributed by atoms with Crippen LogP contribution >= 0.6 is 11.9 Å². The summed E-state index contributed by atoms with van der Waals surface area (Å²) < 4.78 is 3.17. The Morgan fingerprint density at radius 1 is 1.00 bits per heavy atom. The monoisotopic (exact) mass is 336 g/mol. The number of anilines is 2. The van der Waals surface area contributed by atoms with Crippen molar-refractivity contribution in [1.82, 2.24) is 0 Å². The van der Waals surface area contributed by atoms with Crippen molar-refractivity contribution in [3.63, 3.8) is 0 Å². The molecule has 0 aliphatic carbocycles. The van der Waals surface area contributed by atoms with Crippen LogP contribution in [0.25, 0.3) is 0 Å². The number of aliphatic hydroxyl groups is 1. The number of benzene rings is 2. The van der Waals surface area contributed by atoms with E-state index in [1.54, 1.807) is 12.1 Å². The van der Waals surface area contributed by atoms with Gasteiger partial charge in [-0.05, 0) is 66.4 Å². The van der Waals surface area contributed by atoms with E-state index in [0.717, 1.165) is 16.3 Å². The molecule has 2 rings (SSSR count). The number of nitrogens with one attached hydrogen (secondary N) is 1. The van der Waals surface area contributed by atoms with Crippen molar-refractivity contribution in [3.05, 3.63) is 48.5 Å². The Kier molecular flexibility index (Phi) is 11.7. The summed E-state index contributed by atoms with van der Waals surface area (Å²) in [4.78, 5) is 1.09. The third-order valence-electron chi connectivity index (χ3n) is 2.40. The van der Waals surface area contributed by atoms with Gasteiger partial charge in [0.05, 0.1) is 0 Å². The molecular weight excluding hydrogens is 308 g/mol. The van der Waals surface area contributed by atoms with Gasteiger partial charge in [-0.3, -0.25) is 0 Å². The SMILES string of the molecule is CC.CC(C)CO.Nc1ccc(SNc2ccc(O)cc2)cc1. The van der Waals surface area contributed by atoms with Gasteiger partial charge in [0.2, 0.25) is 0 Å². The number of hydrogen-bond acceptors (Lipinski definition) is 5. The Labute approximate surface area is 143 Å². The van der Waals surface area contributed by atoms with Crippen LogP contribution in [0.1, 0.15) is 27.7 Å². The first-order valence-corrected chi connectivity index (χ1v) is 8.51. The summed E-state index contributed by atoms with van der Waals surface area (Å²) in [5, 5.41) is 17.3. The quantitative estimate of drug-likeness (QED) is 0.368. The van der Waals surface area contributed by atoms with E-state index in [-0.39, 0.29) is 5.75 Å². The minimum absolute atomic E-state index is 0.267. The summed E-state index contributed by atoms with van der Waals surface area (Å²) in [6.07, 6.45) is 0. The van der Waals surface area contributed by atoms with E-state index < -0.39 is 0 Å². The topological polar surface area (TPSA) is 78.5 Å². The van der Waals surface area contributed by atoms with Gasteiger partial charge in [-0.15, -0.1) is 0 Å². The first-order valence-electron chi connectivity index (χ1n) is 7.69. The number of nitrogen functional groups attached to an aromatic ring is 1. The molecule has 0 unspecified atom stereocenters. The molecule has 0 aromatic heterocycles. The van der Waals surface area contributed by atoms with Gasteiger partial charge < -0.3 is 20.7 Å². The second kappa shape index (κ2) is 12.7. The summed E-state index contributed by atoms with van der Waals surface area (Å²) in [7, 11) is 0. The van der Waals surface area contributed by atoms with Crippen LogP contribution < -0.4 is 10.5 Å². The third-order valence-corrected chi connectivity index (χ3v) is 3.24. The molecule has 0 aliphatic heterocycles. The molecule has 0 radical (unpaired) electrons. The second-order valence-corrected chi connectivity index (χ2v) is 5.78. The molecule has 0 saturated heterocycles. The van der Waals surface area contributed by atoms with E-state index in [9.17, 15) is 0 Å². The van der Waals surface area contributed by atoms with Gasteiger partial charge in [0.1, 0.15) is 5.75 Å². The van der Waals surface area contributed by atoms with Crippen LogP contribution in [0.15, 0.2) is 53.4 Å². The number of aliphatic hydroxyl groups excluding tert-OH is 1. The molecule has 0 saturated carbocycles. The van der Waals surface area contributed by atoms with E-state index in [4.69, 9.17) is 15.9 Å². The average molecular weight is 337 g/mol. The highest BCUT2D eigenvalue weighted by Gasteiger charge is 1.95. The number of nitrogens with two attached hydrogens (primary N) is 1. The standard InChI is InChI=1S/C12H12N2OS.C4H10O.C2H6/c13-9-1-7-12(8-2-9)16-14-10-3-5-11(15)6-4-10;1-4(2)3-5;1-2/h1-8,14-15H,13H2;4-5H,3H2,1-2H3;1-2H3. The Balaban J connectivity index is 0.000000594. The van der Waals surface area contributed by atoms with E-state index in [1.807, 2.05) is 64.1 Å². The van der Waals surface area contributed by atoms with Crippen LogP contribution in [-0.4, -0.2) is 16.8 Å². The van der Waals surface area contributed by atoms with E-state index in [2.05, 4.69) is 4.72 Å². The Morgan fingerprint density at radius 2 is 1.48 bits per heavy atom. The smallest absolute Gasteiger partial charge is 0.115 e. The highest BCUT2D eigenvalue weighted by atomic mass is 32.2. The lowest BCUT2D eigenvalue weighted by Crippen LogP contribution is -1.90. The van der Waals surface area contributed by atoms with Crippen molar-refractivity contribution in [2.24, 2.45) is 5.92 Å². The maximum absolute atomic E-state index is 9.12. The van der Waals surface area contributed by atoms with Crippen molar-refractivity contribution in [2.75, 3.05) is 17.1 Å². The van der Waals surface area contributed by atoms with Crippen LogP contribution in [-0.2, 0) is 0 Å². The Bertz CT molecular complexity index is 468. The average Bonchev–Trinajstić information content (AvgIpc) is 2.58. The van der Waals surface area contributed by atoms with Crippen LogP contribution in [0.2, 0.25) is 0 Å². The highest BCUT2D eigenvalue weighted by molar-refractivity contribution is 8.00. The largest absolute Gasteiger partial charge is 0.508 e. The maximum atomic E-state index is 9.12. The van der Waals surface area contributed by atoms with Gasteiger partial charge in [0.15, 0.2) is 0 Å². The zero-order chi connectivity index (χ0) is 17.7. The highest BCUT2D eigenvalue weighted by Crippen LogP contribution is 2.23. The van der Waals surface area contributed by atoms with E-state index in [1.165, 1.54) is 11.9 Å². The van der Waals surface area contributed by atoms with Crippen molar-refractivity contribution >= 4 is 23.3 Å². The van der Waals surface area contributed by atoms with Gasteiger partial charge in [-0.1, -0.05) is 27.7 Å². The van der Waals surface area contributed by atoms with Crippen molar-refractivity contribution < 1.29 is 10.2 Å². The Hall–Kier alpha value is -1.85. The maximum Gasteiger partial charge on any atom is 0.115 e. The van der Waals surface area contributed by atoms with Gasteiger partial charge in [-0.2, -0.15) is 0 Å². The summed E-state index contributed by atoms with van der Waals surface area (Å²) >= 11 is 1.50. The fourth-order valence-corrected chi connectivity index (χ4v) is 1.83. The van der Waals surface area contributed by atoms with Crippen molar-refractivity contribution in [2.45, 2.75) is 32.6 Å². The minimum Gasteiger partial charge on any atom is -0.508 e. The number of hydrogen-bond donors (Lipinski definition) is 4.